The van der Waals surface area contributed by atoms with Gasteiger partial charge >= 0.3 is 0 Å². The number of carbonyl (C=O) groups excluding carboxylic acids is 1. The Kier molecular flexibility index (Phi) is 5.23. The SMILES string of the molecule is O=C(C[n+]1ccn(C(c2ccccc2)c2ccc3oc4ccccc4c3c2)c1)c1ccc(F)cc1. The number of para-hydroxylation sites is 1. The van der Waals surface area contributed by atoms with Crippen LogP contribution in [0.3, 0.4) is 0 Å². The zero-order valence-electron chi connectivity index (χ0n) is 18.8. The maximum atomic E-state index is 13.2. The number of ketones is 1. The van der Waals surface area contributed by atoms with Crippen LogP contribution < -0.4 is 4.57 Å². The minimum Gasteiger partial charge on any atom is -0.456 e. The molecule has 2 aromatic heterocycles. The summed E-state index contributed by atoms with van der Waals surface area (Å²) < 4.78 is 23.2. The van der Waals surface area contributed by atoms with Gasteiger partial charge in [0.15, 0.2) is 12.6 Å². The number of furan rings is 1. The second kappa shape index (κ2) is 8.69. The smallest absolute Gasteiger partial charge is 0.244 e. The molecule has 0 radical (unpaired) electrons. The quantitative estimate of drug-likeness (QED) is 0.215. The third-order valence-electron chi connectivity index (χ3n) is 6.33. The molecule has 4 aromatic carbocycles. The lowest BCUT2D eigenvalue weighted by atomic mass is 9.97. The Morgan fingerprint density at radius 2 is 1.57 bits per heavy atom. The molecule has 0 fully saturated rings. The van der Waals surface area contributed by atoms with E-state index in [1.807, 2.05) is 65.8 Å². The molecule has 1 atom stereocenters. The molecule has 6 aromatic rings. The molecule has 0 amide bonds. The lowest BCUT2D eigenvalue weighted by Gasteiger charge is -2.15. The zero-order valence-corrected chi connectivity index (χ0v) is 18.8. The summed E-state index contributed by atoms with van der Waals surface area (Å²) in [6, 6.07) is 30.2. The first-order valence-electron chi connectivity index (χ1n) is 11.5. The second-order valence-corrected chi connectivity index (χ2v) is 8.63. The number of aromatic nitrogens is 2. The van der Waals surface area contributed by atoms with E-state index >= 15 is 0 Å². The molecule has 6 rings (SSSR count). The fourth-order valence-corrected chi connectivity index (χ4v) is 4.64. The van der Waals surface area contributed by atoms with E-state index < -0.39 is 0 Å². The molecule has 2 heterocycles. The summed E-state index contributed by atoms with van der Waals surface area (Å²) in [5.74, 6) is -0.427. The third-order valence-corrected chi connectivity index (χ3v) is 6.33. The van der Waals surface area contributed by atoms with Crippen LogP contribution in [0.15, 0.2) is 120 Å². The Morgan fingerprint density at radius 3 is 2.40 bits per heavy atom. The Hall–Kier alpha value is -4.51. The van der Waals surface area contributed by atoms with E-state index in [-0.39, 0.29) is 24.2 Å². The molecule has 4 nitrogen and oxygen atoms in total. The van der Waals surface area contributed by atoms with Gasteiger partial charge in [-0.15, -0.1) is 0 Å². The molecule has 0 aliphatic rings. The molecule has 5 heteroatoms. The van der Waals surface area contributed by atoms with E-state index in [9.17, 15) is 9.18 Å². The van der Waals surface area contributed by atoms with Crippen LogP contribution in [0.2, 0.25) is 0 Å². The molecule has 0 spiro atoms. The van der Waals surface area contributed by atoms with Gasteiger partial charge in [0.05, 0.1) is 0 Å². The Balaban J connectivity index is 1.39. The fraction of sp³-hybridized carbons (Fsp3) is 0.0667. The first-order valence-corrected chi connectivity index (χ1v) is 11.5. The molecule has 170 valence electrons. The minimum absolute atomic E-state index is 0.0738. The summed E-state index contributed by atoms with van der Waals surface area (Å²) in [6.07, 6.45) is 5.81. The van der Waals surface area contributed by atoms with Crippen molar-refractivity contribution in [1.82, 2.24) is 4.57 Å². The Labute approximate surface area is 201 Å². The summed E-state index contributed by atoms with van der Waals surface area (Å²) in [7, 11) is 0. The highest BCUT2D eigenvalue weighted by Gasteiger charge is 2.23. The number of rotatable bonds is 6. The molecule has 0 bridgehead atoms. The van der Waals surface area contributed by atoms with Crippen molar-refractivity contribution in [1.29, 1.82) is 0 Å². The third kappa shape index (κ3) is 4.02. The monoisotopic (exact) mass is 461 g/mol. The molecule has 0 aliphatic carbocycles. The van der Waals surface area contributed by atoms with Gasteiger partial charge in [-0.25, -0.2) is 13.5 Å². The molecule has 1 unspecified atom stereocenters. The summed E-state index contributed by atoms with van der Waals surface area (Å²) in [5, 5.41) is 2.16. The van der Waals surface area contributed by atoms with Gasteiger partial charge in [-0.05, 0) is 42.5 Å². The van der Waals surface area contributed by atoms with Crippen molar-refractivity contribution < 1.29 is 18.2 Å². The molecule has 0 N–H and O–H groups in total. The van der Waals surface area contributed by atoms with Crippen LogP contribution in [-0.2, 0) is 6.54 Å². The topological polar surface area (TPSA) is 39.0 Å². The Bertz CT molecular complexity index is 1650. The van der Waals surface area contributed by atoms with E-state index in [1.54, 1.807) is 0 Å². The number of hydrogen-bond donors (Lipinski definition) is 0. The average molecular weight is 462 g/mol. The average Bonchev–Trinajstić information content (AvgIpc) is 3.49. The summed E-state index contributed by atoms with van der Waals surface area (Å²) in [6.45, 7) is 0.172. The van der Waals surface area contributed by atoms with Crippen LogP contribution in [0, 0.1) is 5.82 Å². The lowest BCUT2D eigenvalue weighted by Crippen LogP contribution is -2.36. The van der Waals surface area contributed by atoms with E-state index in [0.717, 1.165) is 33.1 Å². The van der Waals surface area contributed by atoms with Gasteiger partial charge < -0.3 is 4.42 Å². The standard InChI is InChI=1S/C30H22FN2O2/c31-24-13-10-21(11-14-24)27(34)19-32-16-17-33(20-32)30(22-6-2-1-3-7-22)23-12-15-29-26(18-23)25-8-4-5-9-28(25)35-29/h1-18,20,30H,19H2/q+1. The first kappa shape index (κ1) is 21.1. The number of halogens is 1. The predicted molar refractivity (Wildman–Crippen MR) is 133 cm³/mol. The van der Waals surface area contributed by atoms with Gasteiger partial charge in [0, 0.05) is 27.5 Å². The van der Waals surface area contributed by atoms with Crippen molar-refractivity contribution in [2.24, 2.45) is 0 Å². The van der Waals surface area contributed by atoms with Crippen molar-refractivity contribution in [3.8, 4) is 0 Å². The predicted octanol–water partition coefficient (Wildman–Crippen LogP) is 6.33. The van der Waals surface area contributed by atoms with Crippen molar-refractivity contribution in [3.63, 3.8) is 0 Å². The van der Waals surface area contributed by atoms with E-state index in [2.05, 4.69) is 34.9 Å². The number of fused-ring (bicyclic) bond motifs is 3. The van der Waals surface area contributed by atoms with E-state index in [0.29, 0.717) is 5.56 Å². The van der Waals surface area contributed by atoms with Gasteiger partial charge in [-0.2, -0.15) is 0 Å². The molecule has 35 heavy (non-hydrogen) atoms. The van der Waals surface area contributed by atoms with Crippen LogP contribution in [0.1, 0.15) is 27.5 Å². The molecule has 0 saturated heterocycles. The summed E-state index contributed by atoms with van der Waals surface area (Å²) in [5.41, 5.74) is 4.46. The first-order chi connectivity index (χ1) is 17.2. The zero-order chi connectivity index (χ0) is 23.8. The highest BCUT2D eigenvalue weighted by Crippen LogP contribution is 2.33. The summed E-state index contributed by atoms with van der Waals surface area (Å²) >= 11 is 0. The summed E-state index contributed by atoms with van der Waals surface area (Å²) in [4.78, 5) is 12.7. The molecular formula is C30H22FN2O2+. The minimum atomic E-state index is -0.353. The number of hydrogen-bond acceptors (Lipinski definition) is 2. The van der Waals surface area contributed by atoms with Crippen LogP contribution in [0.25, 0.3) is 21.9 Å². The van der Waals surface area contributed by atoms with Crippen molar-refractivity contribution >= 4 is 27.7 Å². The molecule has 0 saturated carbocycles. The lowest BCUT2D eigenvalue weighted by molar-refractivity contribution is -0.682. The van der Waals surface area contributed by atoms with Crippen molar-refractivity contribution in [3.05, 3.63) is 138 Å². The Morgan fingerprint density at radius 1 is 0.829 bits per heavy atom. The van der Waals surface area contributed by atoms with Crippen LogP contribution in [0.5, 0.6) is 0 Å². The van der Waals surface area contributed by atoms with Gasteiger partial charge in [-0.3, -0.25) is 4.79 Å². The maximum absolute atomic E-state index is 13.2. The van der Waals surface area contributed by atoms with Gasteiger partial charge in [0.2, 0.25) is 12.1 Å². The molecule has 0 aliphatic heterocycles. The fourth-order valence-electron chi connectivity index (χ4n) is 4.64. The van der Waals surface area contributed by atoms with E-state index in [1.165, 1.54) is 24.3 Å². The van der Waals surface area contributed by atoms with Gasteiger partial charge in [0.1, 0.15) is 29.4 Å². The van der Waals surface area contributed by atoms with Gasteiger partial charge in [0.25, 0.3) is 0 Å². The number of Topliss-reactive ketones (excluding diaryl/α,β-unsaturated/α-hetero) is 1. The van der Waals surface area contributed by atoms with Crippen LogP contribution >= 0.6 is 0 Å². The molecular weight excluding hydrogens is 439 g/mol. The van der Waals surface area contributed by atoms with Crippen molar-refractivity contribution in [2.75, 3.05) is 0 Å². The van der Waals surface area contributed by atoms with Crippen molar-refractivity contribution in [2.45, 2.75) is 12.6 Å². The number of imidazole rings is 1. The highest BCUT2D eigenvalue weighted by atomic mass is 19.1. The number of carbonyl (C=O) groups is 1. The highest BCUT2D eigenvalue weighted by molar-refractivity contribution is 6.05. The number of benzene rings is 4. The number of nitrogens with zero attached hydrogens (tertiary/aromatic N) is 2. The normalized spacial score (nSPS) is 12.3. The van der Waals surface area contributed by atoms with Gasteiger partial charge in [-0.1, -0.05) is 54.6 Å². The largest absolute Gasteiger partial charge is 0.456 e. The maximum Gasteiger partial charge on any atom is 0.244 e. The van der Waals surface area contributed by atoms with Crippen LogP contribution in [0.4, 0.5) is 4.39 Å². The van der Waals surface area contributed by atoms with Crippen LogP contribution in [-0.4, -0.2) is 10.4 Å². The van der Waals surface area contributed by atoms with E-state index in [4.69, 9.17) is 4.42 Å². The second-order valence-electron chi connectivity index (χ2n) is 8.63.